The standard InChI is InChI=1S/C12H17N3OS2/c1-17-12-13-6-10(18-12)11(16)14-9-7-15-4-2-8(9)3-5-15/h6,8-9H,2-5,7H2,1H3,(H,14,16). The zero-order chi connectivity index (χ0) is 12.5. The molecule has 0 aromatic carbocycles. The van der Waals surface area contributed by atoms with Crippen molar-refractivity contribution < 1.29 is 4.79 Å². The van der Waals surface area contributed by atoms with Gasteiger partial charge in [0.1, 0.15) is 9.22 Å². The van der Waals surface area contributed by atoms with Crippen molar-refractivity contribution >= 4 is 29.0 Å². The third-order valence-electron chi connectivity index (χ3n) is 3.86. The quantitative estimate of drug-likeness (QED) is 0.858. The number of piperidine rings is 3. The van der Waals surface area contributed by atoms with E-state index in [1.54, 1.807) is 18.0 Å². The molecule has 0 spiro atoms. The lowest BCUT2D eigenvalue weighted by Crippen LogP contribution is -2.57. The zero-order valence-electron chi connectivity index (χ0n) is 10.4. The highest BCUT2D eigenvalue weighted by Crippen LogP contribution is 2.28. The molecule has 0 aliphatic carbocycles. The molecule has 1 unspecified atom stereocenters. The Labute approximate surface area is 115 Å². The molecule has 98 valence electrons. The van der Waals surface area contributed by atoms with Gasteiger partial charge in [-0.05, 0) is 38.1 Å². The van der Waals surface area contributed by atoms with Crippen LogP contribution in [-0.2, 0) is 0 Å². The normalized spacial score (nSPS) is 30.4. The molecule has 4 nitrogen and oxygen atoms in total. The van der Waals surface area contributed by atoms with Crippen molar-refractivity contribution in [3.63, 3.8) is 0 Å². The Balaban J connectivity index is 1.64. The highest BCUT2D eigenvalue weighted by molar-refractivity contribution is 8.00. The van der Waals surface area contributed by atoms with E-state index in [0.717, 1.165) is 15.8 Å². The van der Waals surface area contributed by atoms with Crippen LogP contribution >= 0.6 is 23.1 Å². The maximum absolute atomic E-state index is 12.2. The second kappa shape index (κ2) is 5.19. The lowest BCUT2D eigenvalue weighted by molar-refractivity contribution is 0.0622. The Morgan fingerprint density at radius 2 is 2.33 bits per heavy atom. The Morgan fingerprint density at radius 1 is 1.56 bits per heavy atom. The van der Waals surface area contributed by atoms with Gasteiger partial charge in [0, 0.05) is 12.6 Å². The van der Waals surface area contributed by atoms with Crippen LogP contribution in [-0.4, -0.2) is 47.7 Å². The van der Waals surface area contributed by atoms with Crippen LogP contribution in [0.5, 0.6) is 0 Å². The zero-order valence-corrected chi connectivity index (χ0v) is 12.0. The highest BCUT2D eigenvalue weighted by atomic mass is 32.2. The van der Waals surface area contributed by atoms with Crippen molar-refractivity contribution in [1.29, 1.82) is 0 Å². The lowest BCUT2D eigenvalue weighted by atomic mass is 9.84. The van der Waals surface area contributed by atoms with Crippen LogP contribution in [0.4, 0.5) is 0 Å². The summed E-state index contributed by atoms with van der Waals surface area (Å²) in [5, 5.41) is 3.18. The van der Waals surface area contributed by atoms with E-state index in [2.05, 4.69) is 15.2 Å². The first-order valence-electron chi connectivity index (χ1n) is 6.29. The van der Waals surface area contributed by atoms with E-state index >= 15 is 0 Å². The summed E-state index contributed by atoms with van der Waals surface area (Å²) in [5.74, 6) is 0.721. The number of hydrogen-bond donors (Lipinski definition) is 1. The average molecular weight is 283 g/mol. The lowest BCUT2D eigenvalue weighted by Gasteiger charge is -2.44. The molecule has 0 radical (unpaired) electrons. The van der Waals surface area contributed by atoms with Gasteiger partial charge >= 0.3 is 0 Å². The molecule has 1 aromatic heterocycles. The Kier molecular flexibility index (Phi) is 3.59. The first-order chi connectivity index (χ1) is 8.76. The minimum atomic E-state index is 0.0477. The number of thioether (sulfide) groups is 1. The van der Waals surface area contributed by atoms with Crippen LogP contribution in [0.15, 0.2) is 10.5 Å². The Morgan fingerprint density at radius 3 is 2.89 bits per heavy atom. The van der Waals surface area contributed by atoms with Gasteiger partial charge in [0.15, 0.2) is 0 Å². The fraction of sp³-hybridized carbons (Fsp3) is 0.667. The number of fused-ring (bicyclic) bond motifs is 3. The number of carbonyl (C=O) groups excluding carboxylic acids is 1. The van der Waals surface area contributed by atoms with Crippen LogP contribution < -0.4 is 5.32 Å². The van der Waals surface area contributed by atoms with E-state index in [-0.39, 0.29) is 5.91 Å². The summed E-state index contributed by atoms with van der Waals surface area (Å²) in [5.41, 5.74) is 0. The van der Waals surface area contributed by atoms with Gasteiger partial charge in [0.2, 0.25) is 0 Å². The molecule has 1 atom stereocenters. The van der Waals surface area contributed by atoms with Crippen molar-refractivity contribution in [3.8, 4) is 0 Å². The first kappa shape index (κ1) is 12.4. The summed E-state index contributed by atoms with van der Waals surface area (Å²) in [6, 6.07) is 0.333. The molecule has 0 saturated carbocycles. The monoisotopic (exact) mass is 283 g/mol. The fourth-order valence-corrected chi connectivity index (χ4v) is 4.14. The predicted molar refractivity (Wildman–Crippen MR) is 74.3 cm³/mol. The molecule has 3 aliphatic rings. The fourth-order valence-electron chi connectivity index (χ4n) is 2.83. The van der Waals surface area contributed by atoms with Crippen LogP contribution in [0, 0.1) is 5.92 Å². The van der Waals surface area contributed by atoms with Crippen LogP contribution in [0.25, 0.3) is 0 Å². The van der Waals surface area contributed by atoms with Crippen molar-refractivity contribution in [3.05, 3.63) is 11.1 Å². The minimum absolute atomic E-state index is 0.0477. The van der Waals surface area contributed by atoms with Gasteiger partial charge < -0.3 is 10.2 Å². The van der Waals surface area contributed by atoms with E-state index in [1.165, 1.54) is 37.3 Å². The molecule has 6 heteroatoms. The van der Waals surface area contributed by atoms with Crippen molar-refractivity contribution in [2.75, 3.05) is 25.9 Å². The molecule has 4 rings (SSSR count). The molecule has 3 fully saturated rings. The minimum Gasteiger partial charge on any atom is -0.347 e. The van der Waals surface area contributed by atoms with Gasteiger partial charge in [-0.1, -0.05) is 11.8 Å². The predicted octanol–water partition coefficient (Wildman–Crippen LogP) is 1.69. The van der Waals surface area contributed by atoms with Gasteiger partial charge in [0.25, 0.3) is 5.91 Å². The van der Waals surface area contributed by atoms with E-state index in [0.29, 0.717) is 12.0 Å². The van der Waals surface area contributed by atoms with Crippen LogP contribution in [0.1, 0.15) is 22.5 Å². The molecule has 3 saturated heterocycles. The first-order valence-corrected chi connectivity index (χ1v) is 8.33. The number of hydrogen-bond acceptors (Lipinski definition) is 5. The Bertz CT molecular complexity index is 440. The van der Waals surface area contributed by atoms with Crippen molar-refractivity contribution in [2.45, 2.75) is 23.2 Å². The van der Waals surface area contributed by atoms with Gasteiger partial charge in [-0.25, -0.2) is 4.98 Å². The molecular weight excluding hydrogens is 266 g/mol. The molecule has 18 heavy (non-hydrogen) atoms. The number of thiazole rings is 1. The smallest absolute Gasteiger partial charge is 0.263 e. The number of amides is 1. The molecule has 4 heterocycles. The topological polar surface area (TPSA) is 45.2 Å². The maximum atomic E-state index is 12.2. The summed E-state index contributed by atoms with van der Waals surface area (Å²) in [6.45, 7) is 3.42. The second-order valence-electron chi connectivity index (χ2n) is 4.91. The van der Waals surface area contributed by atoms with Crippen LogP contribution in [0.2, 0.25) is 0 Å². The second-order valence-corrected chi connectivity index (χ2v) is 7.00. The van der Waals surface area contributed by atoms with Crippen LogP contribution in [0.3, 0.4) is 0 Å². The summed E-state index contributed by atoms with van der Waals surface area (Å²) in [7, 11) is 0. The SMILES string of the molecule is CSc1ncc(C(=O)NC2CN3CCC2CC3)s1. The van der Waals surface area contributed by atoms with E-state index in [1.807, 2.05) is 6.26 Å². The number of nitrogens with one attached hydrogen (secondary N) is 1. The summed E-state index contributed by atoms with van der Waals surface area (Å²) in [6.07, 6.45) is 6.12. The van der Waals surface area contributed by atoms with Gasteiger partial charge in [-0.3, -0.25) is 4.79 Å². The molecular formula is C12H17N3OS2. The number of rotatable bonds is 3. The van der Waals surface area contributed by atoms with E-state index in [9.17, 15) is 4.79 Å². The largest absolute Gasteiger partial charge is 0.347 e. The van der Waals surface area contributed by atoms with E-state index in [4.69, 9.17) is 0 Å². The maximum Gasteiger partial charge on any atom is 0.263 e. The summed E-state index contributed by atoms with van der Waals surface area (Å²) >= 11 is 3.06. The Hall–Kier alpha value is -0.590. The average Bonchev–Trinajstić information content (AvgIpc) is 2.89. The molecule has 1 aromatic rings. The van der Waals surface area contributed by atoms with Gasteiger partial charge in [-0.2, -0.15) is 0 Å². The molecule has 1 N–H and O–H groups in total. The van der Waals surface area contributed by atoms with Gasteiger partial charge in [0.05, 0.1) is 6.20 Å². The summed E-state index contributed by atoms with van der Waals surface area (Å²) < 4.78 is 0.953. The third kappa shape index (κ3) is 2.41. The van der Waals surface area contributed by atoms with Crippen molar-refractivity contribution in [1.82, 2.24) is 15.2 Å². The number of aromatic nitrogens is 1. The molecule has 2 bridgehead atoms. The van der Waals surface area contributed by atoms with Gasteiger partial charge in [-0.15, -0.1) is 11.3 Å². The van der Waals surface area contributed by atoms with E-state index < -0.39 is 0 Å². The van der Waals surface area contributed by atoms with Crippen molar-refractivity contribution in [2.24, 2.45) is 5.92 Å². The molecule has 1 amide bonds. The number of carbonyl (C=O) groups is 1. The summed E-state index contributed by atoms with van der Waals surface area (Å²) in [4.78, 5) is 19.5. The molecule has 3 aliphatic heterocycles. The highest BCUT2D eigenvalue weighted by Gasteiger charge is 2.35. The third-order valence-corrected chi connectivity index (χ3v) is 5.85. The number of nitrogens with zero attached hydrogens (tertiary/aromatic N) is 2.